The number of hydrogen-bond donors (Lipinski definition) is 0. The molecule has 0 radical (unpaired) electrons. The van der Waals surface area contributed by atoms with Crippen molar-refractivity contribution in [2.24, 2.45) is 5.92 Å². The molecule has 0 heterocycles. The lowest BCUT2D eigenvalue weighted by Crippen LogP contribution is -2.17. The van der Waals surface area contributed by atoms with E-state index >= 15 is 0 Å². The van der Waals surface area contributed by atoms with Crippen LogP contribution in [-0.2, 0) is 14.3 Å². The zero-order chi connectivity index (χ0) is 18.8. The summed E-state index contributed by atoms with van der Waals surface area (Å²) in [6.45, 7) is 10.0. The summed E-state index contributed by atoms with van der Waals surface area (Å²) in [5.74, 6) is 0.800. The van der Waals surface area contributed by atoms with E-state index in [1.54, 1.807) is 0 Å². The van der Waals surface area contributed by atoms with E-state index in [1.807, 2.05) is 6.92 Å². The molecule has 2 atom stereocenters. The first-order valence-corrected chi connectivity index (χ1v) is 11.6. The summed E-state index contributed by atoms with van der Waals surface area (Å²) in [7, 11) is 0. The second-order valence-corrected chi connectivity index (χ2v) is 8.26. The normalized spacial score (nSPS) is 13.6. The molecule has 0 aliphatic carbocycles. The Morgan fingerprint density at radius 2 is 1.56 bits per heavy atom. The summed E-state index contributed by atoms with van der Waals surface area (Å²) < 4.78 is 11.2. The number of carbonyl (C=O) groups is 1. The highest BCUT2D eigenvalue weighted by Crippen LogP contribution is 2.16. The minimum Gasteiger partial charge on any atom is -0.465 e. The summed E-state index contributed by atoms with van der Waals surface area (Å²) >= 11 is 1.54. The van der Waals surface area contributed by atoms with Gasteiger partial charge in [-0.05, 0) is 25.7 Å². The third-order valence-electron chi connectivity index (χ3n) is 4.56. The van der Waals surface area contributed by atoms with Crippen LogP contribution in [0, 0.1) is 5.92 Å². The van der Waals surface area contributed by atoms with Gasteiger partial charge in [-0.1, -0.05) is 78.6 Å². The predicted molar refractivity (Wildman–Crippen MR) is 110 cm³/mol. The van der Waals surface area contributed by atoms with Gasteiger partial charge in [0.25, 0.3) is 0 Å². The second-order valence-electron chi connectivity index (χ2n) is 6.97. The van der Waals surface area contributed by atoms with Gasteiger partial charge in [-0.3, -0.25) is 4.79 Å². The monoisotopic (exact) mass is 374 g/mol. The number of esters is 1. The van der Waals surface area contributed by atoms with Crippen molar-refractivity contribution in [3.05, 3.63) is 0 Å². The standard InChI is InChI=1S/C21H42O3S/c1-5-8-10-11-12-13-14-16-23-19(4)25-18-21(22)24-17-20(7-3)15-9-6-2/h19-20H,5-18H2,1-4H3. The summed E-state index contributed by atoms with van der Waals surface area (Å²) in [6, 6.07) is 0. The van der Waals surface area contributed by atoms with Gasteiger partial charge < -0.3 is 9.47 Å². The lowest BCUT2D eigenvalue weighted by Gasteiger charge is -2.15. The molecule has 0 amide bonds. The van der Waals surface area contributed by atoms with Gasteiger partial charge in [0, 0.05) is 6.61 Å². The molecule has 4 heteroatoms. The maximum Gasteiger partial charge on any atom is 0.315 e. The summed E-state index contributed by atoms with van der Waals surface area (Å²) in [6.07, 6.45) is 13.7. The largest absolute Gasteiger partial charge is 0.465 e. The van der Waals surface area contributed by atoms with Crippen LogP contribution in [0.15, 0.2) is 0 Å². The molecule has 3 nitrogen and oxygen atoms in total. The second kappa shape index (κ2) is 18.6. The van der Waals surface area contributed by atoms with Gasteiger partial charge in [-0.15, -0.1) is 11.8 Å². The van der Waals surface area contributed by atoms with Gasteiger partial charge in [0.2, 0.25) is 0 Å². The first-order valence-electron chi connectivity index (χ1n) is 10.5. The van der Waals surface area contributed by atoms with Crippen LogP contribution in [0.4, 0.5) is 0 Å². The smallest absolute Gasteiger partial charge is 0.315 e. The minimum absolute atomic E-state index is 0.0645. The topological polar surface area (TPSA) is 35.5 Å². The van der Waals surface area contributed by atoms with E-state index in [4.69, 9.17) is 9.47 Å². The van der Waals surface area contributed by atoms with Gasteiger partial charge in [0.05, 0.1) is 12.4 Å². The van der Waals surface area contributed by atoms with Crippen molar-refractivity contribution in [2.45, 2.75) is 104 Å². The third-order valence-corrected chi connectivity index (χ3v) is 5.57. The summed E-state index contributed by atoms with van der Waals surface area (Å²) in [5, 5.41) is 0. The van der Waals surface area contributed by atoms with Gasteiger partial charge in [-0.2, -0.15) is 0 Å². The summed E-state index contributed by atoms with van der Waals surface area (Å²) in [5.41, 5.74) is 0.0645. The van der Waals surface area contributed by atoms with E-state index in [0.29, 0.717) is 18.3 Å². The average molecular weight is 375 g/mol. The molecule has 0 bridgehead atoms. The number of thioether (sulfide) groups is 1. The summed E-state index contributed by atoms with van der Waals surface area (Å²) in [4.78, 5) is 11.8. The van der Waals surface area contributed by atoms with Crippen LogP contribution in [0.3, 0.4) is 0 Å². The molecule has 0 aromatic carbocycles. The van der Waals surface area contributed by atoms with Gasteiger partial charge >= 0.3 is 5.97 Å². The van der Waals surface area contributed by atoms with Crippen LogP contribution in [-0.4, -0.2) is 30.4 Å². The Balaban J connectivity index is 3.54. The quantitative estimate of drug-likeness (QED) is 0.154. The van der Waals surface area contributed by atoms with Crippen molar-refractivity contribution in [3.63, 3.8) is 0 Å². The molecule has 0 saturated heterocycles. The Morgan fingerprint density at radius 3 is 2.20 bits per heavy atom. The van der Waals surface area contributed by atoms with Gasteiger partial charge in [0.1, 0.15) is 5.44 Å². The lowest BCUT2D eigenvalue weighted by atomic mass is 10.0. The molecule has 0 N–H and O–H groups in total. The van der Waals surface area contributed by atoms with Crippen molar-refractivity contribution < 1.29 is 14.3 Å². The van der Waals surface area contributed by atoms with Gasteiger partial charge in [0.15, 0.2) is 0 Å². The molecule has 0 aliphatic rings. The first kappa shape index (κ1) is 24.8. The van der Waals surface area contributed by atoms with Crippen LogP contribution in [0.25, 0.3) is 0 Å². The van der Waals surface area contributed by atoms with E-state index in [0.717, 1.165) is 25.9 Å². The Kier molecular flexibility index (Phi) is 18.4. The fourth-order valence-electron chi connectivity index (χ4n) is 2.69. The molecule has 0 spiro atoms. The van der Waals surface area contributed by atoms with E-state index in [2.05, 4.69) is 20.8 Å². The van der Waals surface area contributed by atoms with Crippen LogP contribution in [0.5, 0.6) is 0 Å². The van der Waals surface area contributed by atoms with Crippen LogP contribution < -0.4 is 0 Å². The van der Waals surface area contributed by atoms with E-state index < -0.39 is 0 Å². The van der Waals surface area contributed by atoms with Crippen molar-refractivity contribution in [3.8, 4) is 0 Å². The third kappa shape index (κ3) is 17.0. The molecule has 25 heavy (non-hydrogen) atoms. The Hall–Kier alpha value is -0.220. The first-order chi connectivity index (χ1) is 12.1. The predicted octanol–water partition coefficient (Wildman–Crippen LogP) is 6.59. The van der Waals surface area contributed by atoms with Crippen molar-refractivity contribution in [1.29, 1.82) is 0 Å². The van der Waals surface area contributed by atoms with Crippen molar-refractivity contribution >= 4 is 17.7 Å². The van der Waals surface area contributed by atoms with Crippen LogP contribution in [0.2, 0.25) is 0 Å². The molecule has 0 rings (SSSR count). The molecule has 2 unspecified atom stereocenters. The van der Waals surface area contributed by atoms with E-state index in [-0.39, 0.29) is 11.4 Å². The Bertz CT molecular complexity index is 297. The number of unbranched alkanes of at least 4 members (excludes halogenated alkanes) is 7. The number of ether oxygens (including phenoxy) is 2. The highest BCUT2D eigenvalue weighted by atomic mass is 32.2. The molecule has 0 aliphatic heterocycles. The maximum atomic E-state index is 11.8. The zero-order valence-electron chi connectivity index (χ0n) is 17.2. The van der Waals surface area contributed by atoms with E-state index in [1.165, 1.54) is 63.1 Å². The minimum atomic E-state index is -0.105. The van der Waals surface area contributed by atoms with Crippen molar-refractivity contribution in [1.82, 2.24) is 0 Å². The molecular formula is C21H42O3S. The van der Waals surface area contributed by atoms with E-state index in [9.17, 15) is 4.79 Å². The zero-order valence-corrected chi connectivity index (χ0v) is 18.0. The number of rotatable bonds is 18. The Labute approximate surface area is 161 Å². The average Bonchev–Trinajstić information content (AvgIpc) is 2.62. The van der Waals surface area contributed by atoms with Crippen LogP contribution >= 0.6 is 11.8 Å². The van der Waals surface area contributed by atoms with Crippen LogP contribution in [0.1, 0.15) is 98.3 Å². The SMILES string of the molecule is CCCCCCCCCOC(C)SCC(=O)OCC(CC)CCCC. The molecule has 0 saturated carbocycles. The highest BCUT2D eigenvalue weighted by molar-refractivity contribution is 8.00. The molecule has 150 valence electrons. The molecule has 0 aromatic rings. The lowest BCUT2D eigenvalue weighted by molar-refractivity contribution is -0.141. The molecule has 0 fully saturated rings. The number of carbonyl (C=O) groups excluding carboxylic acids is 1. The molecule has 0 aromatic heterocycles. The molecular weight excluding hydrogens is 332 g/mol. The van der Waals surface area contributed by atoms with Gasteiger partial charge in [-0.25, -0.2) is 0 Å². The number of hydrogen-bond acceptors (Lipinski definition) is 4. The maximum absolute atomic E-state index is 11.8. The van der Waals surface area contributed by atoms with Crippen molar-refractivity contribution in [2.75, 3.05) is 19.0 Å². The fraction of sp³-hybridized carbons (Fsp3) is 0.952. The Morgan fingerprint density at radius 1 is 0.920 bits per heavy atom. The fourth-order valence-corrected chi connectivity index (χ4v) is 3.34. The highest BCUT2D eigenvalue weighted by Gasteiger charge is 2.12.